The van der Waals surface area contributed by atoms with Gasteiger partial charge in [0.25, 0.3) is 5.91 Å². The lowest BCUT2D eigenvalue weighted by Crippen LogP contribution is -2.40. The molecule has 0 aromatic carbocycles. The highest BCUT2D eigenvalue weighted by Crippen LogP contribution is 2.08. The van der Waals surface area contributed by atoms with E-state index in [1.54, 1.807) is 0 Å². The van der Waals surface area contributed by atoms with Gasteiger partial charge in [-0.1, -0.05) is 6.92 Å². The number of amides is 2. The summed E-state index contributed by atoms with van der Waals surface area (Å²) in [7, 11) is 1.49. The molecule has 0 fully saturated rings. The number of carbonyl (C=O) groups is 2. The number of pyridine rings is 1. The summed E-state index contributed by atoms with van der Waals surface area (Å²) in [5, 5.41) is 2.43. The van der Waals surface area contributed by atoms with Gasteiger partial charge in [-0.2, -0.15) is 4.39 Å². The van der Waals surface area contributed by atoms with E-state index in [1.165, 1.54) is 30.3 Å². The highest BCUT2D eigenvalue weighted by molar-refractivity contribution is 5.96. The molecule has 18 heavy (non-hydrogen) atoms. The van der Waals surface area contributed by atoms with Crippen LogP contribution in [-0.4, -0.2) is 41.8 Å². The Morgan fingerprint density at radius 3 is 2.78 bits per heavy atom. The molecule has 0 saturated carbocycles. The molecule has 1 heterocycles. The standard InChI is InChI=1S/C12H16FN3O2/c1-3-7-16(8-10(17)14-2)12(18)9-5-4-6-15-11(9)13/h4-6H,3,7-8H2,1-2H3,(H,14,17). The Kier molecular flexibility index (Phi) is 5.23. The second-order valence-corrected chi connectivity index (χ2v) is 3.74. The highest BCUT2D eigenvalue weighted by atomic mass is 19.1. The van der Waals surface area contributed by atoms with Crippen molar-refractivity contribution in [3.05, 3.63) is 29.8 Å². The minimum Gasteiger partial charge on any atom is -0.358 e. The molecule has 2 amide bonds. The zero-order chi connectivity index (χ0) is 13.5. The first kappa shape index (κ1) is 14.1. The molecular weight excluding hydrogens is 237 g/mol. The first-order chi connectivity index (χ1) is 8.60. The maximum absolute atomic E-state index is 13.4. The third kappa shape index (κ3) is 3.51. The van der Waals surface area contributed by atoms with Crippen molar-refractivity contribution in [2.24, 2.45) is 0 Å². The Morgan fingerprint density at radius 1 is 1.50 bits per heavy atom. The average Bonchev–Trinajstić information content (AvgIpc) is 2.38. The van der Waals surface area contributed by atoms with Crippen molar-refractivity contribution < 1.29 is 14.0 Å². The van der Waals surface area contributed by atoms with E-state index in [-0.39, 0.29) is 18.0 Å². The van der Waals surface area contributed by atoms with Crippen molar-refractivity contribution in [3.8, 4) is 0 Å². The molecule has 0 bridgehead atoms. The molecule has 0 unspecified atom stereocenters. The van der Waals surface area contributed by atoms with Gasteiger partial charge < -0.3 is 10.2 Å². The molecule has 0 saturated heterocycles. The Hall–Kier alpha value is -1.98. The minimum atomic E-state index is -0.819. The summed E-state index contributed by atoms with van der Waals surface area (Å²) in [6.45, 7) is 2.18. The Morgan fingerprint density at radius 2 is 2.22 bits per heavy atom. The van der Waals surface area contributed by atoms with E-state index in [2.05, 4.69) is 10.3 Å². The fourth-order valence-electron chi connectivity index (χ4n) is 1.49. The summed E-state index contributed by atoms with van der Waals surface area (Å²) >= 11 is 0. The van der Waals surface area contributed by atoms with Gasteiger partial charge in [0.05, 0.1) is 12.1 Å². The fourth-order valence-corrected chi connectivity index (χ4v) is 1.49. The van der Waals surface area contributed by atoms with Gasteiger partial charge in [-0.15, -0.1) is 0 Å². The molecule has 1 aromatic rings. The van der Waals surface area contributed by atoms with Crippen LogP contribution >= 0.6 is 0 Å². The van der Waals surface area contributed by atoms with Crippen LogP contribution in [0.1, 0.15) is 23.7 Å². The molecule has 1 N–H and O–H groups in total. The van der Waals surface area contributed by atoms with Gasteiger partial charge in [0.2, 0.25) is 11.9 Å². The van der Waals surface area contributed by atoms with Gasteiger partial charge in [0, 0.05) is 19.8 Å². The van der Waals surface area contributed by atoms with Gasteiger partial charge in [0.15, 0.2) is 0 Å². The molecule has 6 heteroatoms. The second-order valence-electron chi connectivity index (χ2n) is 3.74. The van der Waals surface area contributed by atoms with Crippen molar-refractivity contribution in [3.63, 3.8) is 0 Å². The smallest absolute Gasteiger partial charge is 0.258 e. The van der Waals surface area contributed by atoms with Gasteiger partial charge in [-0.3, -0.25) is 9.59 Å². The molecule has 1 rings (SSSR count). The maximum atomic E-state index is 13.4. The lowest BCUT2D eigenvalue weighted by atomic mass is 10.2. The molecule has 0 aliphatic rings. The summed E-state index contributed by atoms with van der Waals surface area (Å²) in [5.41, 5.74) is -0.116. The van der Waals surface area contributed by atoms with Crippen molar-refractivity contribution in [2.75, 3.05) is 20.1 Å². The highest BCUT2D eigenvalue weighted by Gasteiger charge is 2.20. The summed E-state index contributed by atoms with van der Waals surface area (Å²) < 4.78 is 13.4. The molecule has 0 aliphatic heterocycles. The van der Waals surface area contributed by atoms with Gasteiger partial charge in [-0.25, -0.2) is 4.98 Å². The molecular formula is C12H16FN3O2. The monoisotopic (exact) mass is 253 g/mol. The molecule has 0 atom stereocenters. The average molecular weight is 253 g/mol. The largest absolute Gasteiger partial charge is 0.358 e. The molecule has 0 spiro atoms. The summed E-state index contributed by atoms with van der Waals surface area (Å²) in [6, 6.07) is 2.84. The fraction of sp³-hybridized carbons (Fsp3) is 0.417. The first-order valence-electron chi connectivity index (χ1n) is 5.70. The van der Waals surface area contributed by atoms with Crippen LogP contribution in [0.15, 0.2) is 18.3 Å². The van der Waals surface area contributed by atoms with Crippen LogP contribution in [-0.2, 0) is 4.79 Å². The van der Waals surface area contributed by atoms with E-state index in [0.29, 0.717) is 13.0 Å². The minimum absolute atomic E-state index is 0.0858. The Labute approximate surface area is 105 Å². The molecule has 98 valence electrons. The Bertz CT molecular complexity index is 437. The summed E-state index contributed by atoms with van der Waals surface area (Å²) in [6.07, 6.45) is 1.96. The van der Waals surface area contributed by atoms with E-state index in [0.717, 1.165) is 0 Å². The molecule has 5 nitrogen and oxygen atoms in total. The zero-order valence-electron chi connectivity index (χ0n) is 10.4. The predicted molar refractivity (Wildman–Crippen MR) is 64.5 cm³/mol. The van der Waals surface area contributed by atoms with Crippen LogP contribution in [0.2, 0.25) is 0 Å². The SMILES string of the molecule is CCCN(CC(=O)NC)C(=O)c1cccnc1F. The number of nitrogens with zero attached hydrogens (tertiary/aromatic N) is 2. The zero-order valence-corrected chi connectivity index (χ0v) is 10.4. The first-order valence-corrected chi connectivity index (χ1v) is 5.70. The van der Waals surface area contributed by atoms with Crippen LogP contribution in [0.3, 0.4) is 0 Å². The topological polar surface area (TPSA) is 62.3 Å². The lowest BCUT2D eigenvalue weighted by molar-refractivity contribution is -0.121. The van der Waals surface area contributed by atoms with Crippen LogP contribution in [0.5, 0.6) is 0 Å². The Balaban J connectivity index is 2.89. The van der Waals surface area contributed by atoms with Crippen molar-refractivity contribution in [1.29, 1.82) is 0 Å². The summed E-state index contributed by atoms with van der Waals surface area (Å²) in [4.78, 5) is 28.1. The number of hydrogen-bond acceptors (Lipinski definition) is 3. The number of hydrogen-bond donors (Lipinski definition) is 1. The van der Waals surface area contributed by atoms with E-state index < -0.39 is 11.9 Å². The maximum Gasteiger partial charge on any atom is 0.258 e. The number of aromatic nitrogens is 1. The molecule has 0 aliphatic carbocycles. The third-order valence-corrected chi connectivity index (χ3v) is 2.38. The molecule has 0 radical (unpaired) electrons. The normalized spacial score (nSPS) is 9.94. The number of halogens is 1. The van der Waals surface area contributed by atoms with E-state index in [4.69, 9.17) is 0 Å². The van der Waals surface area contributed by atoms with Crippen molar-refractivity contribution >= 4 is 11.8 Å². The van der Waals surface area contributed by atoms with Crippen molar-refractivity contribution in [1.82, 2.24) is 15.2 Å². The lowest BCUT2D eigenvalue weighted by Gasteiger charge is -2.21. The number of nitrogens with one attached hydrogen (secondary N) is 1. The number of rotatable bonds is 5. The van der Waals surface area contributed by atoms with Gasteiger partial charge >= 0.3 is 0 Å². The van der Waals surface area contributed by atoms with E-state index in [1.807, 2.05) is 6.92 Å². The van der Waals surface area contributed by atoms with E-state index in [9.17, 15) is 14.0 Å². The second kappa shape index (κ2) is 6.68. The van der Waals surface area contributed by atoms with Crippen LogP contribution in [0.4, 0.5) is 4.39 Å². The predicted octanol–water partition coefficient (Wildman–Crippen LogP) is 0.819. The van der Waals surface area contributed by atoms with Crippen LogP contribution < -0.4 is 5.32 Å². The van der Waals surface area contributed by atoms with Crippen LogP contribution in [0, 0.1) is 5.95 Å². The quantitative estimate of drug-likeness (QED) is 0.790. The van der Waals surface area contributed by atoms with Crippen LogP contribution in [0.25, 0.3) is 0 Å². The summed E-state index contributed by atoms with van der Waals surface area (Å²) in [5.74, 6) is -1.63. The van der Waals surface area contributed by atoms with E-state index >= 15 is 0 Å². The number of likely N-dealkylation sites (N-methyl/N-ethyl adjacent to an activating group) is 1. The van der Waals surface area contributed by atoms with Gasteiger partial charge in [0.1, 0.15) is 0 Å². The van der Waals surface area contributed by atoms with Crippen molar-refractivity contribution in [2.45, 2.75) is 13.3 Å². The van der Waals surface area contributed by atoms with Gasteiger partial charge in [-0.05, 0) is 18.6 Å². The third-order valence-electron chi connectivity index (χ3n) is 2.38. The number of carbonyl (C=O) groups excluding carboxylic acids is 2. The molecule has 1 aromatic heterocycles.